The molecule has 2 aromatic rings. The molecule has 0 saturated heterocycles. The maximum atomic E-state index is 11.7. The number of carbonyl (C=O) groups excluding carboxylic acids is 1. The second kappa shape index (κ2) is 8.38. The van der Waals surface area contributed by atoms with E-state index in [0.29, 0.717) is 30.4 Å². The minimum Gasteiger partial charge on any atom is -0.475 e. The molecule has 7 nitrogen and oxygen atoms in total. The number of nitrogens with one attached hydrogen (secondary N) is 2. The lowest BCUT2D eigenvalue weighted by atomic mass is 10.1. The summed E-state index contributed by atoms with van der Waals surface area (Å²) in [6.07, 6.45) is 2.27. The lowest BCUT2D eigenvalue weighted by molar-refractivity contribution is 0.236. The van der Waals surface area contributed by atoms with Crippen LogP contribution in [0.4, 0.5) is 4.79 Å². The van der Waals surface area contributed by atoms with E-state index in [1.807, 2.05) is 13.8 Å². The molecule has 2 aromatic heterocycles. The van der Waals surface area contributed by atoms with Gasteiger partial charge in [0.2, 0.25) is 5.88 Å². The summed E-state index contributed by atoms with van der Waals surface area (Å²) in [6, 6.07) is 3.16. The summed E-state index contributed by atoms with van der Waals surface area (Å²) >= 11 is 5.91. The lowest BCUT2D eigenvalue weighted by Gasteiger charge is -2.09. The molecule has 0 radical (unpaired) electrons. The van der Waals surface area contributed by atoms with E-state index in [0.717, 1.165) is 17.0 Å². The summed E-state index contributed by atoms with van der Waals surface area (Å²) in [5.41, 5.74) is 1.88. The Morgan fingerprint density at radius 1 is 1.35 bits per heavy atom. The summed E-state index contributed by atoms with van der Waals surface area (Å²) < 4.78 is 10.4. The summed E-state index contributed by atoms with van der Waals surface area (Å²) in [5.74, 6) is 1.14. The Hall–Kier alpha value is -2.28. The van der Waals surface area contributed by atoms with Gasteiger partial charge in [0, 0.05) is 18.3 Å². The SMILES string of the molecule is Cc1noc(C)c1CCNC(=O)NCCOc1ncccc1Cl. The third-order valence-electron chi connectivity index (χ3n) is 3.19. The molecule has 0 spiro atoms. The van der Waals surface area contributed by atoms with Gasteiger partial charge in [0.25, 0.3) is 0 Å². The first-order chi connectivity index (χ1) is 11.1. The summed E-state index contributed by atoms with van der Waals surface area (Å²) in [7, 11) is 0. The Bertz CT molecular complexity index is 640. The first-order valence-corrected chi connectivity index (χ1v) is 7.62. The Labute approximate surface area is 139 Å². The third kappa shape index (κ3) is 5.14. The molecule has 0 fully saturated rings. The molecule has 2 heterocycles. The number of hydrogen-bond acceptors (Lipinski definition) is 5. The predicted octanol–water partition coefficient (Wildman–Crippen LogP) is 2.26. The number of rotatable bonds is 7. The molecule has 23 heavy (non-hydrogen) atoms. The molecule has 2 rings (SSSR count). The van der Waals surface area contributed by atoms with Crippen molar-refractivity contribution in [3.05, 3.63) is 40.4 Å². The second-order valence-corrected chi connectivity index (χ2v) is 5.28. The lowest BCUT2D eigenvalue weighted by Crippen LogP contribution is -2.38. The van der Waals surface area contributed by atoms with Crippen molar-refractivity contribution in [3.63, 3.8) is 0 Å². The number of aryl methyl sites for hydroxylation is 2. The van der Waals surface area contributed by atoms with Gasteiger partial charge in [0.15, 0.2) is 0 Å². The normalized spacial score (nSPS) is 10.4. The topological polar surface area (TPSA) is 89.3 Å². The van der Waals surface area contributed by atoms with E-state index in [1.165, 1.54) is 0 Å². The van der Waals surface area contributed by atoms with Crippen LogP contribution in [0.1, 0.15) is 17.0 Å². The van der Waals surface area contributed by atoms with Gasteiger partial charge in [-0.25, -0.2) is 9.78 Å². The van der Waals surface area contributed by atoms with Crippen LogP contribution in [0.5, 0.6) is 5.88 Å². The zero-order valence-corrected chi connectivity index (χ0v) is 13.8. The van der Waals surface area contributed by atoms with Gasteiger partial charge in [-0.2, -0.15) is 0 Å². The van der Waals surface area contributed by atoms with Crippen LogP contribution in [0.15, 0.2) is 22.9 Å². The largest absolute Gasteiger partial charge is 0.475 e. The number of carbonyl (C=O) groups is 1. The standard InChI is InChI=1S/C15H19ClN4O3/c1-10-12(11(2)23-20-10)5-7-18-15(21)19-8-9-22-14-13(16)4-3-6-17-14/h3-4,6H,5,7-9H2,1-2H3,(H2,18,19,21). The molecule has 0 aliphatic rings. The summed E-state index contributed by atoms with van der Waals surface area (Å²) in [6.45, 7) is 4.88. The monoisotopic (exact) mass is 338 g/mol. The van der Waals surface area contributed by atoms with E-state index in [9.17, 15) is 4.79 Å². The summed E-state index contributed by atoms with van der Waals surface area (Å²) in [4.78, 5) is 15.7. The van der Waals surface area contributed by atoms with Gasteiger partial charge in [0.05, 0.1) is 12.2 Å². The van der Waals surface area contributed by atoms with Gasteiger partial charge in [-0.1, -0.05) is 16.8 Å². The zero-order chi connectivity index (χ0) is 16.7. The fourth-order valence-corrected chi connectivity index (χ4v) is 2.19. The van der Waals surface area contributed by atoms with Crippen molar-refractivity contribution >= 4 is 17.6 Å². The average Bonchev–Trinajstić information content (AvgIpc) is 2.85. The van der Waals surface area contributed by atoms with Gasteiger partial charge in [-0.05, 0) is 32.4 Å². The highest BCUT2D eigenvalue weighted by Gasteiger charge is 2.09. The van der Waals surface area contributed by atoms with Crippen molar-refractivity contribution < 1.29 is 14.1 Å². The van der Waals surface area contributed by atoms with E-state index in [1.54, 1.807) is 18.3 Å². The maximum Gasteiger partial charge on any atom is 0.314 e. The highest BCUT2D eigenvalue weighted by Crippen LogP contribution is 2.19. The Balaban J connectivity index is 1.61. The molecule has 2 amide bonds. The first-order valence-electron chi connectivity index (χ1n) is 7.24. The van der Waals surface area contributed by atoms with Gasteiger partial charge < -0.3 is 19.9 Å². The summed E-state index contributed by atoms with van der Waals surface area (Å²) in [5, 5.41) is 9.78. The van der Waals surface area contributed by atoms with Gasteiger partial charge >= 0.3 is 6.03 Å². The van der Waals surface area contributed by atoms with Crippen molar-refractivity contribution in [3.8, 4) is 5.88 Å². The predicted molar refractivity (Wildman–Crippen MR) is 85.8 cm³/mol. The maximum absolute atomic E-state index is 11.7. The van der Waals surface area contributed by atoms with Crippen molar-refractivity contribution in [1.82, 2.24) is 20.8 Å². The van der Waals surface area contributed by atoms with Crippen LogP contribution < -0.4 is 15.4 Å². The molecule has 0 saturated carbocycles. The number of halogens is 1. The molecule has 0 aromatic carbocycles. The molecule has 124 valence electrons. The van der Waals surface area contributed by atoms with Crippen LogP contribution in [0.2, 0.25) is 5.02 Å². The van der Waals surface area contributed by atoms with Gasteiger partial charge in [-0.15, -0.1) is 0 Å². The minimum atomic E-state index is -0.257. The molecule has 0 bridgehead atoms. The van der Waals surface area contributed by atoms with Crippen molar-refractivity contribution in [2.75, 3.05) is 19.7 Å². The van der Waals surface area contributed by atoms with E-state index >= 15 is 0 Å². The van der Waals surface area contributed by atoms with Crippen molar-refractivity contribution in [1.29, 1.82) is 0 Å². The second-order valence-electron chi connectivity index (χ2n) is 4.87. The number of urea groups is 1. The number of aromatic nitrogens is 2. The smallest absolute Gasteiger partial charge is 0.314 e. The van der Waals surface area contributed by atoms with Crippen molar-refractivity contribution in [2.24, 2.45) is 0 Å². The van der Waals surface area contributed by atoms with Gasteiger partial charge in [0.1, 0.15) is 17.4 Å². The molecule has 0 atom stereocenters. The first kappa shape index (κ1) is 17.1. The van der Waals surface area contributed by atoms with Crippen LogP contribution in [-0.2, 0) is 6.42 Å². The average molecular weight is 339 g/mol. The molecule has 0 aliphatic carbocycles. The van der Waals surface area contributed by atoms with Gasteiger partial charge in [-0.3, -0.25) is 0 Å². The minimum absolute atomic E-state index is 0.257. The van der Waals surface area contributed by atoms with Crippen LogP contribution >= 0.6 is 11.6 Å². The molecular formula is C15H19ClN4O3. The van der Waals surface area contributed by atoms with Crippen LogP contribution in [-0.4, -0.2) is 35.9 Å². The third-order valence-corrected chi connectivity index (χ3v) is 3.48. The quantitative estimate of drug-likeness (QED) is 0.756. The number of pyridine rings is 1. The van der Waals surface area contributed by atoms with E-state index < -0.39 is 0 Å². The zero-order valence-electron chi connectivity index (χ0n) is 13.1. The fourth-order valence-electron chi connectivity index (χ4n) is 2.01. The highest BCUT2D eigenvalue weighted by atomic mass is 35.5. The van der Waals surface area contributed by atoms with E-state index in [-0.39, 0.29) is 12.6 Å². The Kier molecular flexibility index (Phi) is 6.22. The molecule has 0 aliphatic heterocycles. The fraction of sp³-hybridized carbons (Fsp3) is 0.400. The Morgan fingerprint density at radius 3 is 2.83 bits per heavy atom. The molecule has 8 heteroatoms. The number of hydrogen-bond donors (Lipinski definition) is 2. The number of nitrogens with zero attached hydrogens (tertiary/aromatic N) is 2. The van der Waals surface area contributed by atoms with E-state index in [2.05, 4.69) is 20.8 Å². The van der Waals surface area contributed by atoms with Crippen molar-refractivity contribution in [2.45, 2.75) is 20.3 Å². The van der Waals surface area contributed by atoms with Crippen LogP contribution in [0, 0.1) is 13.8 Å². The number of ether oxygens (including phenoxy) is 1. The molecule has 2 N–H and O–H groups in total. The highest BCUT2D eigenvalue weighted by molar-refractivity contribution is 6.31. The number of amides is 2. The van der Waals surface area contributed by atoms with Crippen LogP contribution in [0.3, 0.4) is 0 Å². The molecular weight excluding hydrogens is 320 g/mol. The Morgan fingerprint density at radius 2 is 2.13 bits per heavy atom. The van der Waals surface area contributed by atoms with Crippen LogP contribution in [0.25, 0.3) is 0 Å². The van der Waals surface area contributed by atoms with E-state index in [4.69, 9.17) is 20.9 Å². The molecule has 0 unspecified atom stereocenters.